The van der Waals surface area contributed by atoms with Gasteiger partial charge in [0.1, 0.15) is 89.6 Å². The normalized spacial score (nSPS) is 12.1. The van der Waals surface area contributed by atoms with Crippen molar-refractivity contribution >= 4 is 199 Å². The number of hydrogen-bond acceptors (Lipinski definition) is 1. The Kier molecular flexibility index (Phi) is 6.48. The van der Waals surface area contributed by atoms with E-state index in [-0.39, 0.29) is 0 Å². The molecular weight excluding hydrogens is 585 g/mol. The predicted molar refractivity (Wildman–Crippen MR) is 244 cm³/mol. The molecule has 0 atom stereocenters. The highest BCUT2D eigenvalue weighted by molar-refractivity contribution is 6.69. The van der Waals surface area contributed by atoms with Crippen LogP contribution >= 0.6 is 0 Å². The number of benzene rings is 6. The first-order valence-corrected chi connectivity index (χ1v) is 17.5. The van der Waals surface area contributed by atoms with Gasteiger partial charge in [-0.05, 0) is 24.3 Å². The molecule has 0 saturated heterocycles. The fourth-order valence-electron chi connectivity index (χ4n) is 8.81. The molecule has 9 rings (SSSR count). The Hall–Kier alpha value is -4.63. The van der Waals surface area contributed by atoms with Gasteiger partial charge in [0.25, 0.3) is 0 Å². The molecule has 3 aromatic heterocycles. The number of fused-ring (bicyclic) bond motifs is 9. The molecular formula is C36H32B10N2O. The number of nitrogens with zero attached hydrogens (tertiary/aromatic N) is 2. The van der Waals surface area contributed by atoms with E-state index < -0.39 is 0 Å². The van der Waals surface area contributed by atoms with Crippen LogP contribution in [0.1, 0.15) is 0 Å². The average Bonchev–Trinajstić information content (AvgIpc) is 3.73. The molecule has 0 N–H and O–H groups in total. The van der Waals surface area contributed by atoms with Gasteiger partial charge in [-0.2, -0.15) is 0 Å². The van der Waals surface area contributed by atoms with Crippen molar-refractivity contribution < 1.29 is 4.42 Å². The Labute approximate surface area is 295 Å². The number of aromatic nitrogens is 2. The minimum absolute atomic E-state index is 0.917. The quantitative estimate of drug-likeness (QED) is 0.177. The first-order valence-electron chi connectivity index (χ1n) is 17.5. The minimum atomic E-state index is 0.917. The summed E-state index contributed by atoms with van der Waals surface area (Å²) < 4.78 is 11.8. The molecule has 0 bridgehead atoms. The average molecular weight is 617 g/mol. The molecule has 0 saturated carbocycles. The van der Waals surface area contributed by atoms with Crippen LogP contribution in [-0.2, 0) is 0 Å². The van der Waals surface area contributed by atoms with Crippen molar-refractivity contribution in [3.05, 3.63) is 72.8 Å². The van der Waals surface area contributed by atoms with Crippen molar-refractivity contribution in [1.82, 2.24) is 9.13 Å². The Morgan fingerprint density at radius 2 is 0.653 bits per heavy atom. The molecule has 0 spiro atoms. The highest BCUT2D eigenvalue weighted by atomic mass is 16.3. The Bertz CT molecular complexity index is 2700. The van der Waals surface area contributed by atoms with Gasteiger partial charge in [-0.25, -0.2) is 0 Å². The van der Waals surface area contributed by atoms with E-state index in [0.717, 1.165) is 21.9 Å². The maximum absolute atomic E-state index is 6.87. The highest BCUT2D eigenvalue weighted by Gasteiger charge is 2.23. The van der Waals surface area contributed by atoms with Crippen LogP contribution in [0.2, 0.25) is 0 Å². The van der Waals surface area contributed by atoms with Gasteiger partial charge in [-0.1, -0.05) is 80.1 Å². The molecule has 0 unspecified atom stereocenters. The Morgan fingerprint density at radius 3 is 1.02 bits per heavy atom. The van der Waals surface area contributed by atoms with Crippen LogP contribution < -0.4 is 54.6 Å². The van der Waals surface area contributed by atoms with E-state index in [1.807, 2.05) is 0 Å². The summed E-state index contributed by atoms with van der Waals surface area (Å²) in [5.41, 5.74) is 22.7. The summed E-state index contributed by atoms with van der Waals surface area (Å²) in [5, 5.41) is 7.33. The number of hydrogen-bond donors (Lipinski definition) is 0. The van der Waals surface area contributed by atoms with E-state index in [4.69, 9.17) is 4.42 Å². The molecule has 0 aliphatic carbocycles. The monoisotopic (exact) mass is 618 g/mol. The van der Waals surface area contributed by atoms with E-state index in [1.165, 1.54) is 110 Å². The van der Waals surface area contributed by atoms with Gasteiger partial charge < -0.3 is 13.6 Å². The minimum Gasteiger partial charge on any atom is -0.456 e. The SMILES string of the molecule is Bc1c(B)c(B)c(-n2c3ccccc3c3cc4c(cc32)oc2cc3c(cc24)c2ccccc2n3-c2c(B)c(B)c(B)c(B)c2B)c(B)c1B. The highest BCUT2D eigenvalue weighted by Crippen LogP contribution is 2.41. The second-order valence-electron chi connectivity index (χ2n) is 14.5. The molecule has 13 heteroatoms. The van der Waals surface area contributed by atoms with Crippen molar-refractivity contribution in [2.45, 2.75) is 0 Å². The smallest absolute Gasteiger partial charge is 0.141 e. The zero-order valence-corrected chi connectivity index (χ0v) is 30.2. The molecule has 0 amide bonds. The third kappa shape index (κ3) is 3.93. The van der Waals surface area contributed by atoms with Crippen LogP contribution in [-0.4, -0.2) is 87.6 Å². The van der Waals surface area contributed by atoms with Crippen molar-refractivity contribution in [3.63, 3.8) is 0 Å². The Balaban J connectivity index is 1.40. The van der Waals surface area contributed by atoms with Gasteiger partial charge in [0, 0.05) is 55.8 Å². The summed E-state index contributed by atoms with van der Waals surface area (Å²) in [5.74, 6) is 0. The summed E-state index contributed by atoms with van der Waals surface area (Å²) in [6, 6.07) is 27.0. The van der Waals surface area contributed by atoms with Crippen molar-refractivity contribution in [3.8, 4) is 11.4 Å². The van der Waals surface area contributed by atoms with E-state index in [1.54, 1.807) is 0 Å². The third-order valence-electron chi connectivity index (χ3n) is 12.4. The molecule has 0 fully saturated rings. The molecule has 3 heterocycles. The summed E-state index contributed by atoms with van der Waals surface area (Å²) in [4.78, 5) is 0. The molecule has 9 aromatic rings. The summed E-state index contributed by atoms with van der Waals surface area (Å²) >= 11 is 0. The van der Waals surface area contributed by atoms with Gasteiger partial charge in [-0.15, -0.1) is 10.9 Å². The van der Waals surface area contributed by atoms with Crippen LogP contribution in [0, 0.1) is 0 Å². The molecule has 0 aliphatic heterocycles. The summed E-state index contributed by atoms with van der Waals surface area (Å²) in [6.07, 6.45) is 0. The lowest BCUT2D eigenvalue weighted by Crippen LogP contribution is -2.56. The maximum atomic E-state index is 6.87. The summed E-state index contributed by atoms with van der Waals surface area (Å²) in [7, 11) is 22.6. The van der Waals surface area contributed by atoms with Crippen molar-refractivity contribution in [2.75, 3.05) is 0 Å². The van der Waals surface area contributed by atoms with Crippen LogP contribution in [0.4, 0.5) is 0 Å². The molecule has 6 aromatic carbocycles. The Morgan fingerprint density at radius 1 is 0.327 bits per heavy atom. The fraction of sp³-hybridized carbons (Fsp3) is 0. The third-order valence-corrected chi connectivity index (χ3v) is 12.4. The number of furan rings is 1. The molecule has 3 nitrogen and oxygen atoms in total. The lowest BCUT2D eigenvalue weighted by Gasteiger charge is -2.22. The second-order valence-corrected chi connectivity index (χ2v) is 14.5. The van der Waals surface area contributed by atoms with E-state index in [2.05, 4.69) is 160 Å². The number of rotatable bonds is 2. The molecule has 0 radical (unpaired) electrons. The van der Waals surface area contributed by atoms with Crippen molar-refractivity contribution in [2.24, 2.45) is 0 Å². The predicted octanol–water partition coefficient (Wildman–Crippen LogP) is -7.64. The standard InChI is InChI=1S/C36H32B10N2O/c37-25-27(39)31(43)35(32(44)28(25)40)47-19-7-3-1-5-13(19)15-9-17-18-10-16-14-6-2-4-8-20(14)48(22(16)12-24(18)49-23(17)11-21(15)47)36-33(45)29(41)26(38)30(42)34(36)46/h1-12H,37-46H2. The van der Waals surface area contributed by atoms with Crippen LogP contribution in [0.3, 0.4) is 0 Å². The van der Waals surface area contributed by atoms with Gasteiger partial charge in [0.15, 0.2) is 0 Å². The van der Waals surface area contributed by atoms with E-state index in [0.29, 0.717) is 0 Å². The fourth-order valence-corrected chi connectivity index (χ4v) is 8.81. The zero-order valence-electron chi connectivity index (χ0n) is 30.2. The lowest BCUT2D eigenvalue weighted by atomic mass is 9.61. The van der Waals surface area contributed by atoms with Gasteiger partial charge in [0.05, 0.1) is 22.1 Å². The lowest BCUT2D eigenvalue weighted by molar-refractivity contribution is 0.669. The first kappa shape index (κ1) is 30.4. The van der Waals surface area contributed by atoms with Gasteiger partial charge in [-0.3, -0.25) is 0 Å². The number of para-hydroxylation sites is 2. The van der Waals surface area contributed by atoms with E-state index >= 15 is 0 Å². The first-order chi connectivity index (χ1) is 23.5. The molecule has 49 heavy (non-hydrogen) atoms. The van der Waals surface area contributed by atoms with Crippen LogP contribution in [0.15, 0.2) is 77.2 Å². The topological polar surface area (TPSA) is 23.0 Å². The zero-order chi connectivity index (χ0) is 34.2. The van der Waals surface area contributed by atoms with Crippen LogP contribution in [0.5, 0.6) is 0 Å². The van der Waals surface area contributed by atoms with Crippen molar-refractivity contribution in [1.29, 1.82) is 0 Å². The second kappa shape index (κ2) is 10.4. The largest absolute Gasteiger partial charge is 0.456 e. The van der Waals surface area contributed by atoms with Gasteiger partial charge >= 0.3 is 0 Å². The summed E-state index contributed by atoms with van der Waals surface area (Å²) in [6.45, 7) is 0. The van der Waals surface area contributed by atoms with Crippen LogP contribution in [0.25, 0.3) is 76.9 Å². The van der Waals surface area contributed by atoms with Gasteiger partial charge in [0.2, 0.25) is 0 Å². The van der Waals surface area contributed by atoms with E-state index in [9.17, 15) is 0 Å². The maximum Gasteiger partial charge on any atom is 0.141 e. The molecule has 0 aliphatic rings. The molecule has 222 valence electrons.